The molecule has 2 aliphatic heterocycles. The van der Waals surface area contributed by atoms with Crippen LogP contribution in [-0.2, 0) is 11.3 Å². The van der Waals surface area contributed by atoms with E-state index in [1.165, 1.54) is 6.20 Å². The highest BCUT2D eigenvalue weighted by Crippen LogP contribution is 2.40. The van der Waals surface area contributed by atoms with Crippen LogP contribution >= 0.6 is 0 Å². The smallest absolute Gasteiger partial charge is 0.254 e. The fourth-order valence-electron chi connectivity index (χ4n) is 4.59. The lowest BCUT2D eigenvalue weighted by Gasteiger charge is -2.47. The molecule has 9 nitrogen and oxygen atoms in total. The quantitative estimate of drug-likeness (QED) is 0.732. The summed E-state index contributed by atoms with van der Waals surface area (Å²) in [6, 6.07) is 5.03. The fourth-order valence-corrected chi connectivity index (χ4v) is 4.59. The van der Waals surface area contributed by atoms with Crippen molar-refractivity contribution in [3.63, 3.8) is 0 Å². The number of pyridine rings is 1. The summed E-state index contributed by atoms with van der Waals surface area (Å²) in [5, 5.41) is 7.09. The van der Waals surface area contributed by atoms with Crippen molar-refractivity contribution < 1.29 is 9.59 Å². The van der Waals surface area contributed by atoms with E-state index in [1.54, 1.807) is 32.5 Å². The number of nitrogens with two attached hydrogens (primary N) is 1. The van der Waals surface area contributed by atoms with E-state index < -0.39 is 0 Å². The lowest BCUT2D eigenvalue weighted by atomic mass is 9.78. The molecule has 29 heavy (non-hydrogen) atoms. The third kappa shape index (κ3) is 3.57. The molecule has 3 N–H and O–H groups in total. The number of aromatic nitrogens is 3. The normalized spacial score (nSPS) is 22.8. The molecule has 0 spiro atoms. The van der Waals surface area contributed by atoms with Gasteiger partial charge >= 0.3 is 0 Å². The van der Waals surface area contributed by atoms with E-state index in [1.807, 2.05) is 13.0 Å². The van der Waals surface area contributed by atoms with Crippen molar-refractivity contribution >= 4 is 11.8 Å². The summed E-state index contributed by atoms with van der Waals surface area (Å²) in [5.74, 6) is -0.118. The van der Waals surface area contributed by atoms with Crippen molar-refractivity contribution in [2.24, 2.45) is 11.7 Å². The van der Waals surface area contributed by atoms with Gasteiger partial charge in [0, 0.05) is 50.1 Å². The Balaban J connectivity index is 1.59. The molecular formula is C20H26N6O3. The number of piperidine rings is 1. The molecule has 4 rings (SSSR count). The first-order valence-electron chi connectivity index (χ1n) is 10.0. The molecule has 154 valence electrons. The summed E-state index contributed by atoms with van der Waals surface area (Å²) in [7, 11) is 0. The molecule has 0 aliphatic carbocycles. The Bertz CT molecular complexity index is 981. The molecule has 0 aromatic carbocycles. The van der Waals surface area contributed by atoms with Crippen molar-refractivity contribution in [2.75, 3.05) is 26.2 Å². The molecule has 1 saturated heterocycles. The molecule has 2 aliphatic rings. The molecule has 0 radical (unpaired) electrons. The maximum absolute atomic E-state index is 12.7. The Morgan fingerprint density at radius 2 is 2.14 bits per heavy atom. The monoisotopic (exact) mass is 398 g/mol. The minimum absolute atomic E-state index is 0.0240. The van der Waals surface area contributed by atoms with Gasteiger partial charge < -0.3 is 20.5 Å². The van der Waals surface area contributed by atoms with Gasteiger partial charge in [-0.3, -0.25) is 19.1 Å². The van der Waals surface area contributed by atoms with Gasteiger partial charge in [0.2, 0.25) is 5.91 Å². The van der Waals surface area contributed by atoms with E-state index >= 15 is 0 Å². The van der Waals surface area contributed by atoms with Gasteiger partial charge in [-0.05, 0) is 25.3 Å². The average molecular weight is 398 g/mol. The summed E-state index contributed by atoms with van der Waals surface area (Å²) < 4.78 is 3.50. The third-order valence-electron chi connectivity index (χ3n) is 6.02. The molecule has 4 heterocycles. The van der Waals surface area contributed by atoms with Crippen LogP contribution in [0.3, 0.4) is 0 Å². The molecule has 1 fully saturated rings. The van der Waals surface area contributed by atoms with Gasteiger partial charge in [0.25, 0.3) is 11.5 Å². The maximum atomic E-state index is 12.7. The van der Waals surface area contributed by atoms with E-state index in [2.05, 4.69) is 10.4 Å². The minimum Gasteiger partial charge on any atom is -0.350 e. The molecule has 2 bridgehead atoms. The minimum atomic E-state index is -0.219. The first-order chi connectivity index (χ1) is 14.0. The zero-order valence-corrected chi connectivity index (χ0v) is 16.5. The highest BCUT2D eigenvalue weighted by Gasteiger charge is 2.41. The zero-order valence-electron chi connectivity index (χ0n) is 16.5. The fraction of sp³-hybridized carbons (Fsp3) is 0.500. The largest absolute Gasteiger partial charge is 0.350 e. The van der Waals surface area contributed by atoms with Crippen LogP contribution in [0.4, 0.5) is 0 Å². The molecule has 0 saturated carbocycles. The lowest BCUT2D eigenvalue weighted by molar-refractivity contribution is -0.132. The van der Waals surface area contributed by atoms with E-state index in [-0.39, 0.29) is 41.8 Å². The first-order valence-corrected chi connectivity index (χ1v) is 10.0. The average Bonchev–Trinajstić information content (AvgIpc) is 3.22. The standard InChI is InChI=1S/C20H26N6O3/c1-2-25-12-15(8-23-25)20(29)22-9-17-14-6-13(10-24(11-14)19(28)7-21)16-4-3-5-18(27)26(16)17/h3-5,8,12-14,17H,2,6-7,9-11,21H2,1H3,(H,22,29)/t13-,14+,17+/m1/s1. The summed E-state index contributed by atoms with van der Waals surface area (Å²) in [6.45, 7) is 4.05. The van der Waals surface area contributed by atoms with E-state index in [0.717, 1.165) is 12.1 Å². The predicted octanol–water partition coefficient (Wildman–Crippen LogP) is -0.0598. The Labute approximate surface area is 168 Å². The number of rotatable bonds is 5. The van der Waals surface area contributed by atoms with Crippen LogP contribution < -0.4 is 16.6 Å². The van der Waals surface area contributed by atoms with Crippen LogP contribution in [-0.4, -0.2) is 57.2 Å². The highest BCUT2D eigenvalue weighted by molar-refractivity contribution is 5.93. The lowest BCUT2D eigenvalue weighted by Crippen LogP contribution is -2.54. The number of hydrogen-bond donors (Lipinski definition) is 2. The van der Waals surface area contributed by atoms with E-state index in [0.29, 0.717) is 31.7 Å². The Kier molecular flexibility index (Phi) is 5.23. The Hall–Kier alpha value is -2.94. The van der Waals surface area contributed by atoms with Gasteiger partial charge in [0.05, 0.1) is 24.3 Å². The molecule has 3 atom stereocenters. The molecule has 2 amide bonds. The highest BCUT2D eigenvalue weighted by atomic mass is 16.2. The van der Waals surface area contributed by atoms with E-state index in [4.69, 9.17) is 5.73 Å². The van der Waals surface area contributed by atoms with Crippen molar-refractivity contribution in [3.05, 3.63) is 52.2 Å². The van der Waals surface area contributed by atoms with Crippen molar-refractivity contribution in [2.45, 2.75) is 31.8 Å². The van der Waals surface area contributed by atoms with Gasteiger partial charge in [-0.15, -0.1) is 0 Å². The van der Waals surface area contributed by atoms with Gasteiger partial charge in [-0.1, -0.05) is 6.07 Å². The van der Waals surface area contributed by atoms with Crippen molar-refractivity contribution in [3.8, 4) is 0 Å². The summed E-state index contributed by atoms with van der Waals surface area (Å²) in [5.41, 5.74) is 6.90. The number of amides is 2. The summed E-state index contributed by atoms with van der Waals surface area (Å²) in [4.78, 5) is 39.3. The number of aryl methyl sites for hydroxylation is 1. The van der Waals surface area contributed by atoms with Crippen LogP contribution in [0.1, 0.15) is 41.4 Å². The van der Waals surface area contributed by atoms with Crippen LogP contribution in [0.5, 0.6) is 0 Å². The molecular weight excluding hydrogens is 372 g/mol. The van der Waals surface area contributed by atoms with Crippen LogP contribution in [0.15, 0.2) is 35.4 Å². The topological polar surface area (TPSA) is 115 Å². The number of hydrogen-bond acceptors (Lipinski definition) is 5. The molecule has 2 aromatic rings. The molecule has 0 unspecified atom stereocenters. The second kappa shape index (κ2) is 7.82. The summed E-state index contributed by atoms with van der Waals surface area (Å²) >= 11 is 0. The van der Waals surface area contributed by atoms with Crippen molar-refractivity contribution in [1.29, 1.82) is 0 Å². The van der Waals surface area contributed by atoms with Gasteiger partial charge in [-0.2, -0.15) is 5.10 Å². The number of carbonyl (C=O) groups is 2. The van der Waals surface area contributed by atoms with Crippen LogP contribution in [0, 0.1) is 5.92 Å². The first kappa shape index (κ1) is 19.4. The Morgan fingerprint density at radius 3 is 2.86 bits per heavy atom. The third-order valence-corrected chi connectivity index (χ3v) is 6.02. The van der Waals surface area contributed by atoms with Crippen LogP contribution in [0.25, 0.3) is 0 Å². The molecule has 2 aromatic heterocycles. The van der Waals surface area contributed by atoms with Crippen LogP contribution in [0.2, 0.25) is 0 Å². The molecule has 9 heteroatoms. The zero-order chi connectivity index (χ0) is 20.5. The number of likely N-dealkylation sites (tertiary alicyclic amines) is 1. The Morgan fingerprint density at radius 1 is 1.31 bits per heavy atom. The summed E-state index contributed by atoms with van der Waals surface area (Å²) in [6.07, 6.45) is 4.12. The number of nitrogens with zero attached hydrogens (tertiary/aromatic N) is 4. The van der Waals surface area contributed by atoms with Gasteiger partial charge in [0.15, 0.2) is 0 Å². The van der Waals surface area contributed by atoms with Crippen molar-refractivity contribution in [1.82, 2.24) is 24.6 Å². The SMILES string of the molecule is CCn1cc(C(=O)NC[C@H]2[C@H]3C[C@H](CN(C(=O)CN)C3)c3cccc(=O)n32)cn1. The second-order valence-corrected chi connectivity index (χ2v) is 7.72. The van der Waals surface area contributed by atoms with E-state index in [9.17, 15) is 14.4 Å². The second-order valence-electron chi connectivity index (χ2n) is 7.72. The number of fused-ring (bicyclic) bond motifs is 4. The number of carbonyl (C=O) groups excluding carboxylic acids is 2. The number of nitrogens with one attached hydrogen (secondary N) is 1. The maximum Gasteiger partial charge on any atom is 0.254 e. The van der Waals surface area contributed by atoms with Gasteiger partial charge in [-0.25, -0.2) is 0 Å². The predicted molar refractivity (Wildman–Crippen MR) is 106 cm³/mol. The van der Waals surface area contributed by atoms with Gasteiger partial charge in [0.1, 0.15) is 0 Å².